The summed E-state index contributed by atoms with van der Waals surface area (Å²) in [6.45, 7) is 0. The minimum atomic E-state index is 1.11. The van der Waals surface area contributed by atoms with Gasteiger partial charge in [-0.1, -0.05) is 188 Å². The summed E-state index contributed by atoms with van der Waals surface area (Å²) >= 11 is 0. The molecule has 0 bridgehead atoms. The summed E-state index contributed by atoms with van der Waals surface area (Å²) in [4.78, 5) is 2.49. The summed E-state index contributed by atoms with van der Waals surface area (Å²) in [5.74, 6) is 0. The zero-order valence-electron chi connectivity index (χ0n) is 32.3. The van der Waals surface area contributed by atoms with E-state index >= 15 is 0 Å². The number of anilines is 3. The van der Waals surface area contributed by atoms with Crippen molar-refractivity contribution in [3.63, 3.8) is 0 Å². The third-order valence-electron chi connectivity index (χ3n) is 12.3. The first-order valence-electron chi connectivity index (χ1n) is 20.4. The Morgan fingerprint density at radius 2 is 0.695 bits per heavy atom. The van der Waals surface area contributed by atoms with Crippen LogP contribution in [-0.4, -0.2) is 0 Å². The topological polar surface area (TPSA) is 3.24 Å². The van der Waals surface area contributed by atoms with Gasteiger partial charge in [-0.25, -0.2) is 0 Å². The summed E-state index contributed by atoms with van der Waals surface area (Å²) in [5.41, 5.74) is 16.2. The van der Waals surface area contributed by atoms with Crippen LogP contribution in [0, 0.1) is 0 Å². The standard InChI is InChI=1S/C58H37N/c1-4-17-38(18-5-1)39-31-33-44(34-32-39)59(54-36-43-23-10-11-25-45(43)46-26-12-13-27-47(46)54)53-30-16-24-42-35-51-52(37-50(42)53)58-56(41-21-8-3-9-22-41)49-29-15-14-28-48(49)55(57(51)58)40-19-6-2-7-20-40/h1-37H. The highest BCUT2D eigenvalue weighted by atomic mass is 15.1. The van der Waals surface area contributed by atoms with Gasteiger partial charge in [0.25, 0.3) is 0 Å². The molecule has 0 heterocycles. The quantitative estimate of drug-likeness (QED) is 0.153. The maximum absolute atomic E-state index is 2.49. The summed E-state index contributed by atoms with van der Waals surface area (Å²) in [5, 5.41) is 9.94. The fourth-order valence-electron chi connectivity index (χ4n) is 9.70. The maximum Gasteiger partial charge on any atom is 0.0546 e. The molecule has 0 aliphatic heterocycles. The van der Waals surface area contributed by atoms with Crippen LogP contribution < -0.4 is 4.90 Å². The first-order valence-corrected chi connectivity index (χ1v) is 20.4. The van der Waals surface area contributed by atoms with Crippen LogP contribution in [0.15, 0.2) is 224 Å². The molecule has 11 aromatic carbocycles. The number of rotatable bonds is 6. The monoisotopic (exact) mass is 747 g/mol. The van der Waals surface area contributed by atoms with Crippen molar-refractivity contribution in [2.45, 2.75) is 0 Å². The van der Waals surface area contributed by atoms with Crippen molar-refractivity contribution in [2.24, 2.45) is 0 Å². The molecule has 0 spiro atoms. The van der Waals surface area contributed by atoms with E-state index in [1.807, 2.05) is 0 Å². The first-order chi connectivity index (χ1) is 29.3. The lowest BCUT2D eigenvalue weighted by molar-refractivity contribution is 1.32. The number of benzene rings is 11. The van der Waals surface area contributed by atoms with Gasteiger partial charge in [0, 0.05) is 16.5 Å². The highest BCUT2D eigenvalue weighted by molar-refractivity contribution is 6.26. The molecule has 0 saturated carbocycles. The Kier molecular flexibility index (Phi) is 7.61. The molecular formula is C58H37N. The molecule has 0 aromatic heterocycles. The molecule has 1 nitrogen and oxygen atoms in total. The Morgan fingerprint density at radius 1 is 0.237 bits per heavy atom. The van der Waals surface area contributed by atoms with Crippen molar-refractivity contribution in [1.82, 2.24) is 0 Å². The van der Waals surface area contributed by atoms with Gasteiger partial charge < -0.3 is 4.90 Å². The van der Waals surface area contributed by atoms with Gasteiger partial charge in [-0.3, -0.25) is 0 Å². The molecule has 1 aliphatic carbocycles. The lowest BCUT2D eigenvalue weighted by Gasteiger charge is -2.34. The van der Waals surface area contributed by atoms with Crippen LogP contribution in [0.25, 0.3) is 98.7 Å². The minimum Gasteiger partial charge on any atom is -0.309 e. The Morgan fingerprint density at radius 3 is 1.32 bits per heavy atom. The second kappa shape index (κ2) is 13.4. The summed E-state index contributed by atoms with van der Waals surface area (Å²) in [6, 6.07) is 82.4. The van der Waals surface area contributed by atoms with E-state index in [-0.39, 0.29) is 0 Å². The van der Waals surface area contributed by atoms with Crippen LogP contribution in [0.4, 0.5) is 17.1 Å². The van der Waals surface area contributed by atoms with Gasteiger partial charge >= 0.3 is 0 Å². The van der Waals surface area contributed by atoms with Crippen LogP contribution in [0.3, 0.4) is 0 Å². The summed E-state index contributed by atoms with van der Waals surface area (Å²) < 4.78 is 0. The maximum atomic E-state index is 2.49. The Hall–Kier alpha value is -7.74. The number of nitrogens with zero attached hydrogens (tertiary/aromatic N) is 1. The van der Waals surface area contributed by atoms with Crippen LogP contribution in [-0.2, 0) is 0 Å². The Bertz CT molecular complexity index is 3400. The van der Waals surface area contributed by atoms with Crippen LogP contribution in [0.5, 0.6) is 0 Å². The lowest BCUT2D eigenvalue weighted by atomic mass is 9.70. The molecule has 0 N–H and O–H groups in total. The van der Waals surface area contributed by atoms with E-state index in [9.17, 15) is 0 Å². The Balaban J connectivity index is 1.14. The predicted molar refractivity (Wildman–Crippen MR) is 252 cm³/mol. The molecule has 0 fully saturated rings. The van der Waals surface area contributed by atoms with Gasteiger partial charge in [-0.2, -0.15) is 0 Å². The van der Waals surface area contributed by atoms with Gasteiger partial charge in [-0.05, 0) is 124 Å². The van der Waals surface area contributed by atoms with E-state index in [0.29, 0.717) is 0 Å². The van der Waals surface area contributed by atoms with E-state index in [1.165, 1.54) is 98.7 Å². The van der Waals surface area contributed by atoms with E-state index < -0.39 is 0 Å². The third kappa shape index (κ3) is 5.25. The van der Waals surface area contributed by atoms with E-state index in [2.05, 4.69) is 229 Å². The van der Waals surface area contributed by atoms with Gasteiger partial charge in [-0.15, -0.1) is 0 Å². The highest BCUT2D eigenvalue weighted by Crippen LogP contribution is 2.60. The summed E-state index contributed by atoms with van der Waals surface area (Å²) in [6.07, 6.45) is 0. The largest absolute Gasteiger partial charge is 0.309 e. The van der Waals surface area contributed by atoms with Crippen LogP contribution in [0.2, 0.25) is 0 Å². The molecule has 12 rings (SSSR count). The van der Waals surface area contributed by atoms with Crippen LogP contribution in [0.1, 0.15) is 0 Å². The predicted octanol–water partition coefficient (Wildman–Crippen LogP) is 16.4. The zero-order chi connectivity index (χ0) is 38.9. The first kappa shape index (κ1) is 33.4. The SMILES string of the molecule is c1ccc(-c2ccc(N(c3cccc4cc5c(cc34)-c3c-5c(-c4ccccc4)c4ccccc4c3-c3ccccc3)c3cc4ccccc4c4ccccc34)cc2)cc1. The molecule has 0 unspecified atom stereocenters. The normalized spacial score (nSPS) is 11.7. The van der Waals surface area contributed by atoms with Gasteiger partial charge in [0.05, 0.1) is 11.4 Å². The average molecular weight is 748 g/mol. The second-order valence-electron chi connectivity index (χ2n) is 15.6. The van der Waals surface area contributed by atoms with E-state index in [4.69, 9.17) is 0 Å². The molecule has 1 aliphatic rings. The van der Waals surface area contributed by atoms with Crippen molar-refractivity contribution >= 4 is 60.2 Å². The van der Waals surface area contributed by atoms with Crippen molar-refractivity contribution < 1.29 is 0 Å². The third-order valence-corrected chi connectivity index (χ3v) is 12.3. The van der Waals surface area contributed by atoms with Crippen molar-refractivity contribution in [1.29, 1.82) is 0 Å². The van der Waals surface area contributed by atoms with Crippen molar-refractivity contribution in [2.75, 3.05) is 4.90 Å². The number of fused-ring (bicyclic) bond motifs is 9. The second-order valence-corrected chi connectivity index (χ2v) is 15.6. The molecule has 59 heavy (non-hydrogen) atoms. The molecule has 11 aromatic rings. The highest BCUT2D eigenvalue weighted by Gasteiger charge is 2.33. The molecular weight excluding hydrogens is 711 g/mol. The van der Waals surface area contributed by atoms with Gasteiger partial charge in [0.15, 0.2) is 0 Å². The average Bonchev–Trinajstić information content (AvgIpc) is 3.31. The van der Waals surface area contributed by atoms with Gasteiger partial charge in [0.2, 0.25) is 0 Å². The Labute approximate surface area is 343 Å². The summed E-state index contributed by atoms with van der Waals surface area (Å²) in [7, 11) is 0. The fourth-order valence-corrected chi connectivity index (χ4v) is 9.70. The number of hydrogen-bond donors (Lipinski definition) is 0. The number of hydrogen-bond acceptors (Lipinski definition) is 1. The molecule has 0 amide bonds. The van der Waals surface area contributed by atoms with E-state index in [1.54, 1.807) is 0 Å². The zero-order valence-corrected chi connectivity index (χ0v) is 32.3. The minimum absolute atomic E-state index is 1.11. The molecule has 0 saturated heterocycles. The van der Waals surface area contributed by atoms with E-state index in [0.717, 1.165) is 17.1 Å². The lowest BCUT2D eigenvalue weighted by Crippen LogP contribution is -2.12. The molecule has 0 atom stereocenters. The molecule has 274 valence electrons. The van der Waals surface area contributed by atoms with Crippen molar-refractivity contribution in [3.05, 3.63) is 224 Å². The fraction of sp³-hybridized carbons (Fsp3) is 0. The van der Waals surface area contributed by atoms with Gasteiger partial charge in [0.1, 0.15) is 0 Å². The molecule has 1 heteroatoms. The van der Waals surface area contributed by atoms with Crippen LogP contribution >= 0.6 is 0 Å². The smallest absolute Gasteiger partial charge is 0.0546 e. The molecule has 0 radical (unpaired) electrons. The van der Waals surface area contributed by atoms with Crippen molar-refractivity contribution in [3.8, 4) is 55.6 Å².